The fourth-order valence-electron chi connectivity index (χ4n) is 2.54. The molecular formula is C16H27NO4. The minimum Gasteiger partial charge on any atom is -0.463 e. The van der Waals surface area contributed by atoms with Crippen molar-refractivity contribution in [3.8, 4) is 0 Å². The molecule has 0 spiro atoms. The van der Waals surface area contributed by atoms with E-state index >= 15 is 0 Å². The second-order valence-electron chi connectivity index (χ2n) is 5.31. The summed E-state index contributed by atoms with van der Waals surface area (Å²) in [6, 6.07) is -0.0822. The molecule has 0 aromatic heterocycles. The van der Waals surface area contributed by atoms with E-state index in [1.807, 2.05) is 6.08 Å². The van der Waals surface area contributed by atoms with Crippen LogP contribution in [0.15, 0.2) is 11.6 Å². The Kier molecular flexibility index (Phi) is 7.43. The van der Waals surface area contributed by atoms with Gasteiger partial charge in [-0.1, -0.05) is 19.9 Å². The molecule has 0 aromatic rings. The van der Waals surface area contributed by atoms with Gasteiger partial charge in [-0.15, -0.1) is 0 Å². The molecule has 0 aliphatic heterocycles. The molecule has 0 heterocycles. The third-order valence-electron chi connectivity index (χ3n) is 3.69. The van der Waals surface area contributed by atoms with Crippen molar-refractivity contribution in [2.45, 2.75) is 71.6 Å². The van der Waals surface area contributed by atoms with Crippen molar-refractivity contribution in [3.05, 3.63) is 11.6 Å². The Bertz CT molecular complexity index is 388. The summed E-state index contributed by atoms with van der Waals surface area (Å²) in [4.78, 5) is 23.2. The van der Waals surface area contributed by atoms with Gasteiger partial charge in [0.1, 0.15) is 0 Å². The largest absolute Gasteiger partial charge is 0.463 e. The average Bonchev–Trinajstić information content (AvgIpc) is 2.45. The molecular weight excluding hydrogens is 270 g/mol. The van der Waals surface area contributed by atoms with Gasteiger partial charge in [-0.2, -0.15) is 0 Å². The number of hydrogen-bond acceptors (Lipinski definition) is 4. The van der Waals surface area contributed by atoms with E-state index in [-0.39, 0.29) is 30.1 Å². The van der Waals surface area contributed by atoms with E-state index in [1.54, 1.807) is 6.92 Å². The first kappa shape index (κ1) is 17.7. The summed E-state index contributed by atoms with van der Waals surface area (Å²) >= 11 is 0. The molecule has 0 fully saturated rings. The van der Waals surface area contributed by atoms with Crippen LogP contribution in [0.1, 0.15) is 53.4 Å². The van der Waals surface area contributed by atoms with Gasteiger partial charge in [-0.3, -0.25) is 4.79 Å². The van der Waals surface area contributed by atoms with Crippen LogP contribution >= 0.6 is 0 Å². The van der Waals surface area contributed by atoms with E-state index in [9.17, 15) is 9.59 Å². The van der Waals surface area contributed by atoms with E-state index in [1.165, 1.54) is 6.92 Å². The molecule has 2 atom stereocenters. The molecule has 0 saturated heterocycles. The molecule has 0 unspecified atom stereocenters. The lowest BCUT2D eigenvalue weighted by atomic mass is 9.91. The van der Waals surface area contributed by atoms with Gasteiger partial charge in [-0.25, -0.2) is 4.79 Å². The Hall–Kier alpha value is -1.36. The quantitative estimate of drug-likeness (QED) is 0.733. The predicted molar refractivity (Wildman–Crippen MR) is 80.8 cm³/mol. The number of carbonyl (C=O) groups excluding carboxylic acids is 2. The number of esters is 1. The normalized spacial score (nSPS) is 21.9. The molecule has 1 amide bonds. The lowest BCUT2D eigenvalue weighted by Crippen LogP contribution is -2.47. The molecule has 5 heteroatoms. The van der Waals surface area contributed by atoms with Crippen molar-refractivity contribution in [2.75, 3.05) is 6.61 Å². The van der Waals surface area contributed by atoms with Gasteiger partial charge in [-0.05, 0) is 26.2 Å². The van der Waals surface area contributed by atoms with Crippen molar-refractivity contribution < 1.29 is 19.1 Å². The third-order valence-corrected chi connectivity index (χ3v) is 3.69. The molecule has 0 saturated carbocycles. The lowest BCUT2D eigenvalue weighted by Gasteiger charge is -2.33. The highest BCUT2D eigenvalue weighted by Crippen LogP contribution is 2.25. The molecule has 1 rings (SSSR count). The second-order valence-corrected chi connectivity index (χ2v) is 5.31. The standard InChI is InChI=1S/C16H27NO4/c1-5-13(6-2)21-15-10-12(16(19)20-7-3)8-9-14(15)17-11(4)18/h8,13-15H,5-7,9-10H2,1-4H3,(H,17,18)/t14-,15-/m1/s1. The molecule has 1 aliphatic carbocycles. The molecule has 21 heavy (non-hydrogen) atoms. The Morgan fingerprint density at radius 1 is 1.33 bits per heavy atom. The molecule has 5 nitrogen and oxygen atoms in total. The van der Waals surface area contributed by atoms with Crippen LogP contribution in [0.4, 0.5) is 0 Å². The van der Waals surface area contributed by atoms with E-state index in [0.717, 1.165) is 12.8 Å². The van der Waals surface area contributed by atoms with Gasteiger partial charge in [0.2, 0.25) is 5.91 Å². The van der Waals surface area contributed by atoms with Crippen LogP contribution in [0, 0.1) is 0 Å². The summed E-state index contributed by atoms with van der Waals surface area (Å²) in [5, 5.41) is 2.92. The highest BCUT2D eigenvalue weighted by atomic mass is 16.5. The van der Waals surface area contributed by atoms with Gasteiger partial charge in [0, 0.05) is 18.9 Å². The van der Waals surface area contributed by atoms with Crippen LogP contribution < -0.4 is 5.32 Å². The number of carbonyl (C=O) groups is 2. The topological polar surface area (TPSA) is 64.6 Å². The number of amides is 1. The van der Waals surface area contributed by atoms with Crippen LogP contribution in [0.5, 0.6) is 0 Å². The maximum absolute atomic E-state index is 11.9. The zero-order valence-corrected chi connectivity index (χ0v) is 13.5. The Labute approximate surface area is 127 Å². The van der Waals surface area contributed by atoms with Gasteiger partial charge >= 0.3 is 5.97 Å². The molecule has 1 N–H and O–H groups in total. The van der Waals surface area contributed by atoms with Crippen LogP contribution in [-0.4, -0.2) is 36.7 Å². The first-order chi connectivity index (χ1) is 10.0. The summed E-state index contributed by atoms with van der Waals surface area (Å²) in [6.07, 6.45) is 4.73. The summed E-state index contributed by atoms with van der Waals surface area (Å²) in [5.41, 5.74) is 0.648. The number of hydrogen-bond donors (Lipinski definition) is 1. The maximum atomic E-state index is 11.9. The lowest BCUT2D eigenvalue weighted by molar-refractivity contribution is -0.139. The monoisotopic (exact) mass is 297 g/mol. The van der Waals surface area contributed by atoms with Gasteiger partial charge in [0.05, 0.1) is 24.9 Å². The van der Waals surface area contributed by atoms with Crippen LogP contribution in [-0.2, 0) is 19.1 Å². The summed E-state index contributed by atoms with van der Waals surface area (Å²) < 4.78 is 11.2. The molecule has 1 aliphatic rings. The zero-order chi connectivity index (χ0) is 15.8. The van der Waals surface area contributed by atoms with Crippen molar-refractivity contribution in [1.29, 1.82) is 0 Å². The first-order valence-electron chi connectivity index (χ1n) is 7.80. The summed E-state index contributed by atoms with van der Waals surface area (Å²) in [7, 11) is 0. The van der Waals surface area contributed by atoms with E-state index in [2.05, 4.69) is 19.2 Å². The van der Waals surface area contributed by atoms with Crippen LogP contribution in [0.3, 0.4) is 0 Å². The molecule has 0 radical (unpaired) electrons. The van der Waals surface area contributed by atoms with E-state index < -0.39 is 0 Å². The highest BCUT2D eigenvalue weighted by Gasteiger charge is 2.31. The first-order valence-corrected chi connectivity index (χ1v) is 7.80. The fourth-order valence-corrected chi connectivity index (χ4v) is 2.54. The average molecular weight is 297 g/mol. The van der Waals surface area contributed by atoms with Crippen LogP contribution in [0.25, 0.3) is 0 Å². The molecule has 120 valence electrons. The molecule has 0 bridgehead atoms. The molecule has 0 aromatic carbocycles. The summed E-state index contributed by atoms with van der Waals surface area (Å²) in [6.45, 7) is 7.81. The summed E-state index contributed by atoms with van der Waals surface area (Å²) in [5.74, 6) is -0.358. The Morgan fingerprint density at radius 3 is 2.52 bits per heavy atom. The van der Waals surface area contributed by atoms with Crippen LogP contribution in [0.2, 0.25) is 0 Å². The highest BCUT2D eigenvalue weighted by molar-refractivity contribution is 5.88. The Morgan fingerprint density at radius 2 is 2.00 bits per heavy atom. The number of ether oxygens (including phenoxy) is 2. The number of nitrogens with one attached hydrogen (secondary N) is 1. The van der Waals surface area contributed by atoms with Gasteiger partial charge in [0.15, 0.2) is 0 Å². The maximum Gasteiger partial charge on any atom is 0.333 e. The minimum atomic E-state index is -0.281. The minimum absolute atomic E-state index is 0.0777. The van der Waals surface area contributed by atoms with Gasteiger partial charge in [0.25, 0.3) is 0 Å². The second kappa shape index (κ2) is 8.82. The predicted octanol–water partition coefficient (Wildman–Crippen LogP) is 2.35. The zero-order valence-electron chi connectivity index (χ0n) is 13.5. The van der Waals surface area contributed by atoms with Crippen molar-refractivity contribution in [1.82, 2.24) is 5.32 Å². The van der Waals surface area contributed by atoms with Crippen molar-refractivity contribution in [3.63, 3.8) is 0 Å². The van der Waals surface area contributed by atoms with Crippen molar-refractivity contribution >= 4 is 11.9 Å². The van der Waals surface area contributed by atoms with E-state index in [0.29, 0.717) is 25.0 Å². The van der Waals surface area contributed by atoms with Crippen molar-refractivity contribution in [2.24, 2.45) is 0 Å². The third kappa shape index (κ3) is 5.50. The SMILES string of the molecule is CCOC(=O)C1=CC[C@@H](NC(C)=O)[C@H](OC(CC)CC)C1. The number of rotatable bonds is 7. The fraction of sp³-hybridized carbons (Fsp3) is 0.750. The smallest absolute Gasteiger partial charge is 0.333 e. The van der Waals surface area contributed by atoms with Gasteiger partial charge < -0.3 is 14.8 Å². The van der Waals surface area contributed by atoms with E-state index in [4.69, 9.17) is 9.47 Å². The Balaban J connectivity index is 2.79.